The maximum absolute atomic E-state index is 5.40. The van der Waals surface area contributed by atoms with Crippen molar-refractivity contribution in [3.05, 3.63) is 0 Å². The molecule has 2 bridgehead atoms. The fourth-order valence-corrected chi connectivity index (χ4v) is 3.14. The SMILES string of the molecule is C1COC(NC2CC3CCC2CC3)=N1. The molecule has 1 atom stereocenters. The highest BCUT2D eigenvalue weighted by Crippen LogP contribution is 2.41. The first-order valence-corrected chi connectivity index (χ1v) is 5.85. The van der Waals surface area contributed by atoms with Gasteiger partial charge in [0.1, 0.15) is 6.61 Å². The molecule has 0 spiro atoms. The number of ether oxygens (including phenoxy) is 1. The van der Waals surface area contributed by atoms with Gasteiger partial charge in [-0.15, -0.1) is 0 Å². The maximum atomic E-state index is 5.40. The van der Waals surface area contributed by atoms with Crippen molar-refractivity contribution in [1.82, 2.24) is 5.32 Å². The van der Waals surface area contributed by atoms with E-state index >= 15 is 0 Å². The second-order valence-corrected chi connectivity index (χ2v) is 4.80. The number of fused-ring (bicyclic) bond motifs is 3. The molecule has 1 heterocycles. The fourth-order valence-electron chi connectivity index (χ4n) is 3.14. The minimum Gasteiger partial charge on any atom is -0.463 e. The van der Waals surface area contributed by atoms with Gasteiger partial charge in [0.2, 0.25) is 0 Å². The standard InChI is InChI=1S/C11H18N2O/c1-3-9-4-2-8(1)7-10(9)13-11-12-5-6-14-11/h8-10H,1-7H2,(H,12,13). The molecule has 0 saturated heterocycles. The van der Waals surface area contributed by atoms with Crippen molar-refractivity contribution in [1.29, 1.82) is 0 Å². The van der Waals surface area contributed by atoms with Crippen LogP contribution >= 0.6 is 0 Å². The van der Waals surface area contributed by atoms with Crippen LogP contribution in [0.5, 0.6) is 0 Å². The summed E-state index contributed by atoms with van der Waals surface area (Å²) in [6, 6.07) is 1.46. The largest absolute Gasteiger partial charge is 0.463 e. The number of hydrogen-bond acceptors (Lipinski definition) is 3. The molecule has 1 aliphatic heterocycles. The maximum Gasteiger partial charge on any atom is 0.285 e. The summed E-state index contributed by atoms with van der Waals surface area (Å²) in [5.74, 6) is 1.85. The molecule has 14 heavy (non-hydrogen) atoms. The Balaban J connectivity index is 1.62. The van der Waals surface area contributed by atoms with Crippen molar-refractivity contribution < 1.29 is 4.74 Å². The minimum absolute atomic E-state index is 0.652. The molecule has 1 unspecified atom stereocenters. The third-order valence-electron chi connectivity index (χ3n) is 3.94. The summed E-state index contributed by atoms with van der Waals surface area (Å²) in [7, 11) is 0. The van der Waals surface area contributed by atoms with Gasteiger partial charge in [-0.1, -0.05) is 12.8 Å². The van der Waals surface area contributed by atoms with Gasteiger partial charge in [0.05, 0.1) is 6.54 Å². The monoisotopic (exact) mass is 194 g/mol. The summed E-state index contributed by atoms with van der Waals surface area (Å²) in [6.07, 6.45) is 7.07. The van der Waals surface area contributed by atoms with Crippen LogP contribution in [0.15, 0.2) is 4.99 Å². The van der Waals surface area contributed by atoms with E-state index in [1.54, 1.807) is 0 Å². The van der Waals surface area contributed by atoms with E-state index in [-0.39, 0.29) is 0 Å². The molecule has 0 amide bonds. The number of rotatable bonds is 1. The van der Waals surface area contributed by atoms with Crippen molar-refractivity contribution in [2.45, 2.75) is 38.1 Å². The second-order valence-electron chi connectivity index (χ2n) is 4.80. The molecule has 3 saturated carbocycles. The van der Waals surface area contributed by atoms with Gasteiger partial charge in [-0.3, -0.25) is 0 Å². The van der Waals surface area contributed by atoms with Crippen LogP contribution in [0.4, 0.5) is 0 Å². The van der Waals surface area contributed by atoms with Gasteiger partial charge in [-0.05, 0) is 31.1 Å². The third kappa shape index (κ3) is 1.49. The molecule has 4 aliphatic rings. The highest BCUT2D eigenvalue weighted by Gasteiger charge is 2.36. The van der Waals surface area contributed by atoms with Gasteiger partial charge in [-0.2, -0.15) is 0 Å². The predicted molar refractivity (Wildman–Crippen MR) is 55.2 cm³/mol. The minimum atomic E-state index is 0.652. The molecule has 3 fully saturated rings. The molecular weight excluding hydrogens is 176 g/mol. The number of aliphatic imine (C=N–C) groups is 1. The Morgan fingerprint density at radius 3 is 2.64 bits per heavy atom. The van der Waals surface area contributed by atoms with E-state index in [0.29, 0.717) is 6.04 Å². The zero-order valence-electron chi connectivity index (χ0n) is 8.54. The van der Waals surface area contributed by atoms with Crippen molar-refractivity contribution in [2.24, 2.45) is 16.8 Å². The zero-order valence-corrected chi connectivity index (χ0v) is 8.54. The molecule has 78 valence electrons. The lowest BCUT2D eigenvalue weighted by atomic mass is 9.68. The molecule has 0 radical (unpaired) electrons. The summed E-state index contributed by atoms with van der Waals surface area (Å²) in [5.41, 5.74) is 0. The molecule has 0 aromatic rings. The van der Waals surface area contributed by atoms with E-state index in [9.17, 15) is 0 Å². The Morgan fingerprint density at radius 2 is 2.07 bits per heavy atom. The van der Waals surface area contributed by atoms with Gasteiger partial charge >= 0.3 is 0 Å². The Hall–Kier alpha value is -0.730. The van der Waals surface area contributed by atoms with E-state index in [1.807, 2.05) is 0 Å². The smallest absolute Gasteiger partial charge is 0.285 e. The van der Waals surface area contributed by atoms with Crippen LogP contribution in [0.25, 0.3) is 0 Å². The van der Waals surface area contributed by atoms with Crippen LogP contribution in [-0.2, 0) is 4.74 Å². The molecule has 3 nitrogen and oxygen atoms in total. The van der Waals surface area contributed by atoms with Gasteiger partial charge in [0, 0.05) is 6.04 Å². The summed E-state index contributed by atoms with van der Waals surface area (Å²) in [4.78, 5) is 4.30. The first-order chi connectivity index (χ1) is 6.92. The van der Waals surface area contributed by atoms with Crippen LogP contribution in [0.2, 0.25) is 0 Å². The molecular formula is C11H18N2O. The molecule has 0 aromatic carbocycles. The van der Waals surface area contributed by atoms with Crippen molar-refractivity contribution in [2.75, 3.05) is 13.2 Å². The Morgan fingerprint density at radius 1 is 1.21 bits per heavy atom. The summed E-state index contributed by atoms with van der Waals surface area (Å²) in [5, 5.41) is 3.48. The molecule has 0 aromatic heterocycles. The van der Waals surface area contributed by atoms with Crippen LogP contribution in [-0.4, -0.2) is 25.2 Å². The van der Waals surface area contributed by atoms with E-state index in [1.165, 1.54) is 32.1 Å². The van der Waals surface area contributed by atoms with Crippen LogP contribution < -0.4 is 5.32 Å². The molecule has 1 N–H and O–H groups in total. The molecule has 3 aliphatic carbocycles. The van der Waals surface area contributed by atoms with E-state index < -0.39 is 0 Å². The van der Waals surface area contributed by atoms with E-state index in [4.69, 9.17) is 4.74 Å². The first kappa shape index (κ1) is 8.57. The highest BCUT2D eigenvalue weighted by atomic mass is 16.5. The van der Waals surface area contributed by atoms with E-state index in [0.717, 1.165) is 31.0 Å². The van der Waals surface area contributed by atoms with Crippen LogP contribution in [0.3, 0.4) is 0 Å². The lowest BCUT2D eigenvalue weighted by Crippen LogP contribution is -2.47. The second kappa shape index (κ2) is 3.44. The number of nitrogens with zero attached hydrogens (tertiary/aromatic N) is 1. The average molecular weight is 194 g/mol. The topological polar surface area (TPSA) is 33.6 Å². The molecule has 3 heteroatoms. The molecule has 4 rings (SSSR count). The van der Waals surface area contributed by atoms with Crippen molar-refractivity contribution in [3.63, 3.8) is 0 Å². The normalized spacial score (nSPS) is 40.6. The zero-order chi connectivity index (χ0) is 9.38. The van der Waals surface area contributed by atoms with Crippen LogP contribution in [0, 0.1) is 11.8 Å². The van der Waals surface area contributed by atoms with Gasteiger partial charge in [0.25, 0.3) is 6.02 Å². The van der Waals surface area contributed by atoms with E-state index in [2.05, 4.69) is 10.3 Å². The van der Waals surface area contributed by atoms with Gasteiger partial charge in [-0.25, -0.2) is 4.99 Å². The van der Waals surface area contributed by atoms with Crippen LogP contribution in [0.1, 0.15) is 32.1 Å². The lowest BCUT2D eigenvalue weighted by Gasteiger charge is -2.42. The summed E-state index contributed by atoms with van der Waals surface area (Å²) < 4.78 is 5.40. The quantitative estimate of drug-likeness (QED) is 0.687. The average Bonchev–Trinajstić information content (AvgIpc) is 2.72. The fraction of sp³-hybridized carbons (Fsp3) is 0.909. The first-order valence-electron chi connectivity index (χ1n) is 5.85. The predicted octanol–water partition coefficient (Wildman–Crippen LogP) is 1.54. The Labute approximate surface area is 84.9 Å². The third-order valence-corrected chi connectivity index (χ3v) is 3.94. The summed E-state index contributed by atoms with van der Waals surface area (Å²) >= 11 is 0. The van der Waals surface area contributed by atoms with Gasteiger partial charge in [0.15, 0.2) is 0 Å². The van der Waals surface area contributed by atoms with Crippen molar-refractivity contribution >= 4 is 6.02 Å². The lowest BCUT2D eigenvalue weighted by molar-refractivity contribution is 0.131. The number of hydrogen-bond donors (Lipinski definition) is 1. The van der Waals surface area contributed by atoms with Gasteiger partial charge < -0.3 is 10.1 Å². The van der Waals surface area contributed by atoms with Crippen molar-refractivity contribution in [3.8, 4) is 0 Å². The number of nitrogens with one attached hydrogen (secondary N) is 1. The Kier molecular flexibility index (Phi) is 2.11. The number of amidine groups is 1. The Bertz CT molecular complexity index is 244. The summed E-state index contributed by atoms with van der Waals surface area (Å²) in [6.45, 7) is 1.60. The highest BCUT2D eigenvalue weighted by molar-refractivity contribution is 5.75.